The number of thioether (sulfide) groups is 1. The van der Waals surface area contributed by atoms with Crippen LogP contribution in [0.15, 0.2) is 34.1 Å². The van der Waals surface area contributed by atoms with Crippen molar-refractivity contribution >= 4 is 17.7 Å². The van der Waals surface area contributed by atoms with Gasteiger partial charge < -0.3 is 19.0 Å². The number of carbonyl (C=O) groups excluding carboxylic acids is 1. The molecule has 1 amide bonds. The van der Waals surface area contributed by atoms with Crippen LogP contribution >= 0.6 is 11.8 Å². The van der Waals surface area contributed by atoms with E-state index in [1.165, 1.54) is 0 Å². The van der Waals surface area contributed by atoms with E-state index in [0.29, 0.717) is 24.5 Å². The van der Waals surface area contributed by atoms with Gasteiger partial charge in [-0.25, -0.2) is 4.98 Å². The van der Waals surface area contributed by atoms with Crippen LogP contribution in [0.3, 0.4) is 0 Å². The zero-order valence-corrected chi connectivity index (χ0v) is 13.8. The topological polar surface area (TPSA) is 71.5 Å². The molecule has 120 valence electrons. The minimum absolute atomic E-state index is 0.172. The Bertz CT molecular complexity index is 621. The number of imidazole rings is 1. The molecule has 2 aromatic rings. The molecule has 0 saturated carbocycles. The van der Waals surface area contributed by atoms with Crippen LogP contribution in [0.25, 0.3) is 0 Å². The number of aryl methyl sites for hydroxylation is 1. The summed E-state index contributed by atoms with van der Waals surface area (Å²) in [6, 6.07) is 3.50. The normalized spacial score (nSPS) is 12.4. The maximum atomic E-state index is 12.2. The molecule has 2 aromatic heterocycles. The van der Waals surface area contributed by atoms with Crippen molar-refractivity contribution in [1.29, 1.82) is 0 Å². The van der Waals surface area contributed by atoms with Gasteiger partial charge in [0.1, 0.15) is 5.76 Å². The second-order valence-electron chi connectivity index (χ2n) is 5.24. The van der Waals surface area contributed by atoms with Crippen molar-refractivity contribution in [1.82, 2.24) is 14.5 Å². The summed E-state index contributed by atoms with van der Waals surface area (Å²) in [5.74, 6) is 1.51. The van der Waals surface area contributed by atoms with Gasteiger partial charge in [-0.05, 0) is 25.5 Å². The molecule has 0 aliphatic carbocycles. The molecular formula is C15H21N3O3S. The van der Waals surface area contributed by atoms with Gasteiger partial charge in [0.25, 0.3) is 5.91 Å². The average Bonchev–Trinajstić information content (AvgIpc) is 3.10. The summed E-state index contributed by atoms with van der Waals surface area (Å²) in [5.41, 5.74) is 0. The summed E-state index contributed by atoms with van der Waals surface area (Å²) in [6.07, 6.45) is 3.76. The van der Waals surface area contributed by atoms with Gasteiger partial charge in [-0.2, -0.15) is 0 Å². The Kier molecular flexibility index (Phi) is 5.68. The van der Waals surface area contributed by atoms with E-state index in [-0.39, 0.29) is 5.91 Å². The molecule has 0 radical (unpaired) electrons. The van der Waals surface area contributed by atoms with Gasteiger partial charge in [-0.1, -0.05) is 11.8 Å². The van der Waals surface area contributed by atoms with Crippen molar-refractivity contribution in [3.05, 3.63) is 36.0 Å². The molecular weight excluding hydrogens is 302 g/mol. The van der Waals surface area contributed by atoms with E-state index in [1.807, 2.05) is 23.9 Å². The minimum atomic E-state index is -0.420. The van der Waals surface area contributed by atoms with E-state index in [0.717, 1.165) is 10.9 Å². The predicted molar refractivity (Wildman–Crippen MR) is 84.7 cm³/mol. The van der Waals surface area contributed by atoms with Crippen molar-refractivity contribution in [3.8, 4) is 0 Å². The molecule has 2 rings (SSSR count). The van der Waals surface area contributed by atoms with Gasteiger partial charge in [-0.15, -0.1) is 0 Å². The van der Waals surface area contributed by atoms with Crippen LogP contribution in [-0.2, 0) is 12.8 Å². The SMILES string of the molecule is CC(O)CCN(C)C(=O)c1ccc(CSc2nccn2C)o1. The highest BCUT2D eigenvalue weighted by Gasteiger charge is 2.16. The van der Waals surface area contributed by atoms with Crippen molar-refractivity contribution in [2.24, 2.45) is 7.05 Å². The lowest BCUT2D eigenvalue weighted by Gasteiger charge is -2.16. The standard InChI is InChI=1S/C15H21N3O3S/c1-11(19)6-8-17(2)14(20)13-5-4-12(21-13)10-22-15-16-7-9-18(15)3/h4-5,7,9,11,19H,6,8,10H2,1-3H3. The lowest BCUT2D eigenvalue weighted by molar-refractivity contribution is 0.0736. The molecule has 7 heteroatoms. The molecule has 0 aromatic carbocycles. The Morgan fingerprint density at radius 2 is 2.32 bits per heavy atom. The largest absolute Gasteiger partial charge is 0.455 e. The molecule has 6 nitrogen and oxygen atoms in total. The summed E-state index contributed by atoms with van der Waals surface area (Å²) in [4.78, 5) is 18.0. The highest BCUT2D eigenvalue weighted by molar-refractivity contribution is 7.98. The first-order chi connectivity index (χ1) is 10.5. The van der Waals surface area contributed by atoms with Crippen molar-refractivity contribution in [3.63, 3.8) is 0 Å². The number of hydrogen-bond donors (Lipinski definition) is 1. The fraction of sp³-hybridized carbons (Fsp3) is 0.467. The number of furan rings is 1. The van der Waals surface area contributed by atoms with Crippen LogP contribution in [0.4, 0.5) is 0 Å². The number of hydrogen-bond acceptors (Lipinski definition) is 5. The van der Waals surface area contributed by atoms with Crippen LogP contribution in [0.1, 0.15) is 29.7 Å². The molecule has 0 spiro atoms. The van der Waals surface area contributed by atoms with Crippen LogP contribution in [0.5, 0.6) is 0 Å². The molecule has 1 atom stereocenters. The summed E-state index contributed by atoms with van der Waals surface area (Å²) in [6.45, 7) is 2.20. The third-order valence-corrected chi connectivity index (χ3v) is 4.30. The number of carbonyl (C=O) groups is 1. The number of aliphatic hydroxyl groups excluding tert-OH is 1. The molecule has 1 unspecified atom stereocenters. The third-order valence-electron chi connectivity index (χ3n) is 3.22. The number of rotatable bonds is 7. The van der Waals surface area contributed by atoms with Gasteiger partial charge in [0.2, 0.25) is 0 Å². The van der Waals surface area contributed by atoms with Gasteiger partial charge >= 0.3 is 0 Å². The highest BCUT2D eigenvalue weighted by Crippen LogP contribution is 2.22. The average molecular weight is 323 g/mol. The summed E-state index contributed by atoms with van der Waals surface area (Å²) in [7, 11) is 3.64. The Balaban J connectivity index is 1.90. The van der Waals surface area contributed by atoms with Crippen LogP contribution < -0.4 is 0 Å². The quantitative estimate of drug-likeness (QED) is 0.791. The number of amides is 1. The van der Waals surface area contributed by atoms with E-state index >= 15 is 0 Å². The maximum Gasteiger partial charge on any atom is 0.289 e. The Morgan fingerprint density at radius 1 is 1.55 bits per heavy atom. The van der Waals surface area contributed by atoms with Crippen molar-refractivity contribution in [2.75, 3.05) is 13.6 Å². The third kappa shape index (κ3) is 4.38. The van der Waals surface area contributed by atoms with Crippen LogP contribution in [0, 0.1) is 0 Å². The van der Waals surface area contributed by atoms with E-state index < -0.39 is 6.10 Å². The molecule has 1 N–H and O–H groups in total. The highest BCUT2D eigenvalue weighted by atomic mass is 32.2. The summed E-state index contributed by atoms with van der Waals surface area (Å²) < 4.78 is 7.53. The Hall–Kier alpha value is -1.73. The Labute approximate surface area is 134 Å². The summed E-state index contributed by atoms with van der Waals surface area (Å²) >= 11 is 1.55. The number of nitrogens with zero attached hydrogens (tertiary/aromatic N) is 3. The smallest absolute Gasteiger partial charge is 0.289 e. The van der Waals surface area contributed by atoms with E-state index in [2.05, 4.69) is 4.98 Å². The zero-order valence-electron chi connectivity index (χ0n) is 13.0. The van der Waals surface area contributed by atoms with Gasteiger partial charge in [-0.3, -0.25) is 4.79 Å². The number of aliphatic hydroxyl groups is 1. The van der Waals surface area contributed by atoms with E-state index in [1.54, 1.807) is 42.9 Å². The zero-order chi connectivity index (χ0) is 16.1. The van der Waals surface area contributed by atoms with E-state index in [4.69, 9.17) is 4.42 Å². The second-order valence-corrected chi connectivity index (χ2v) is 6.18. The van der Waals surface area contributed by atoms with Crippen LogP contribution in [0.2, 0.25) is 0 Å². The van der Waals surface area contributed by atoms with E-state index in [9.17, 15) is 9.90 Å². The maximum absolute atomic E-state index is 12.2. The predicted octanol–water partition coefficient (Wildman–Crippen LogP) is 2.15. The van der Waals surface area contributed by atoms with Gasteiger partial charge in [0.15, 0.2) is 10.9 Å². The fourth-order valence-corrected chi connectivity index (χ4v) is 2.69. The molecule has 0 fully saturated rings. The molecule has 0 saturated heterocycles. The Morgan fingerprint density at radius 3 is 2.95 bits per heavy atom. The number of aromatic nitrogens is 2. The molecule has 0 aliphatic rings. The van der Waals surface area contributed by atoms with Gasteiger partial charge in [0.05, 0.1) is 11.9 Å². The fourth-order valence-electron chi connectivity index (χ4n) is 1.87. The molecule has 22 heavy (non-hydrogen) atoms. The monoisotopic (exact) mass is 323 g/mol. The summed E-state index contributed by atoms with van der Waals surface area (Å²) in [5, 5.41) is 10.2. The molecule has 2 heterocycles. The minimum Gasteiger partial charge on any atom is -0.455 e. The molecule has 0 bridgehead atoms. The van der Waals surface area contributed by atoms with Gasteiger partial charge in [0, 0.05) is 33.0 Å². The first kappa shape index (κ1) is 16.6. The lowest BCUT2D eigenvalue weighted by atomic mass is 10.2. The first-order valence-corrected chi connectivity index (χ1v) is 8.08. The van der Waals surface area contributed by atoms with Crippen molar-refractivity contribution in [2.45, 2.75) is 30.4 Å². The van der Waals surface area contributed by atoms with Crippen LogP contribution in [-0.4, -0.2) is 45.2 Å². The second kappa shape index (κ2) is 7.51. The lowest BCUT2D eigenvalue weighted by Crippen LogP contribution is -2.29. The molecule has 0 aliphatic heterocycles. The first-order valence-electron chi connectivity index (χ1n) is 7.09. The van der Waals surface area contributed by atoms with Crippen molar-refractivity contribution < 1.29 is 14.3 Å².